The van der Waals surface area contributed by atoms with Gasteiger partial charge in [0.25, 0.3) is 0 Å². The van der Waals surface area contributed by atoms with Crippen LogP contribution >= 0.6 is 0 Å². The van der Waals surface area contributed by atoms with Crippen molar-refractivity contribution in [3.05, 3.63) is 101 Å². The zero-order valence-electron chi connectivity index (χ0n) is 22.9. The summed E-state index contributed by atoms with van der Waals surface area (Å²) in [6.07, 6.45) is 0. The molecular weight excluding hydrogens is 522 g/mol. The second-order valence-corrected chi connectivity index (χ2v) is 9.45. The van der Waals surface area contributed by atoms with Gasteiger partial charge in [-0.3, -0.25) is 4.90 Å². The first-order valence-corrected chi connectivity index (χ1v) is 12.6. The number of carbonyl (C=O) groups excluding carboxylic acids is 2. The largest absolute Gasteiger partial charge is 0.466 e. The van der Waals surface area contributed by atoms with E-state index in [4.69, 9.17) is 19.6 Å². The van der Waals surface area contributed by atoms with Crippen LogP contribution in [0, 0.1) is 11.3 Å². The molecule has 41 heavy (non-hydrogen) atoms. The van der Waals surface area contributed by atoms with E-state index in [1.165, 1.54) is 19.1 Å². The molecule has 206 valence electrons. The maximum Gasteiger partial charge on any atom is 0.355 e. The number of ether oxygens (including phenoxy) is 2. The Labute approximate surface area is 236 Å². The molecule has 0 radical (unpaired) electrons. The highest BCUT2D eigenvalue weighted by molar-refractivity contribution is 6.06. The van der Waals surface area contributed by atoms with Crippen LogP contribution in [0.5, 0.6) is 0 Å². The number of allylic oxidation sites excluding steroid dienone is 1. The van der Waals surface area contributed by atoms with E-state index in [1.54, 1.807) is 48.5 Å². The van der Waals surface area contributed by atoms with Crippen molar-refractivity contribution in [3.8, 4) is 17.5 Å². The molecule has 0 amide bonds. The molecule has 0 saturated carbocycles. The van der Waals surface area contributed by atoms with E-state index < -0.39 is 17.9 Å². The third-order valence-electron chi connectivity index (χ3n) is 6.87. The van der Waals surface area contributed by atoms with Gasteiger partial charge in [0.1, 0.15) is 17.0 Å². The van der Waals surface area contributed by atoms with Crippen LogP contribution in [0.25, 0.3) is 22.6 Å². The van der Waals surface area contributed by atoms with Gasteiger partial charge in [-0.05, 0) is 48.0 Å². The average Bonchev–Trinajstić information content (AvgIpc) is 3.43. The summed E-state index contributed by atoms with van der Waals surface area (Å²) >= 11 is 0. The molecule has 0 fully saturated rings. The summed E-state index contributed by atoms with van der Waals surface area (Å²) in [6, 6.07) is 23.7. The van der Waals surface area contributed by atoms with Gasteiger partial charge < -0.3 is 24.5 Å². The van der Waals surface area contributed by atoms with E-state index in [2.05, 4.69) is 11.1 Å². The van der Waals surface area contributed by atoms with E-state index in [0.29, 0.717) is 28.2 Å². The third-order valence-corrected chi connectivity index (χ3v) is 6.87. The predicted molar refractivity (Wildman–Crippen MR) is 153 cm³/mol. The minimum Gasteiger partial charge on any atom is -0.466 e. The fourth-order valence-electron chi connectivity index (χ4n) is 4.86. The number of nitrogens with two attached hydrogens (primary N) is 1. The molecule has 5 rings (SSSR count). The second kappa shape index (κ2) is 10.9. The first kappa shape index (κ1) is 27.0. The Balaban J connectivity index is 1.69. The first-order chi connectivity index (χ1) is 19.8. The number of carbonyl (C=O) groups is 2. The fraction of sp³-hybridized carbons (Fsp3) is 0.161. The Bertz CT molecular complexity index is 1750. The number of oxazole rings is 1. The van der Waals surface area contributed by atoms with E-state index in [-0.39, 0.29) is 22.7 Å². The van der Waals surface area contributed by atoms with Crippen molar-refractivity contribution >= 4 is 34.4 Å². The highest BCUT2D eigenvalue weighted by Crippen LogP contribution is 2.43. The lowest BCUT2D eigenvalue weighted by atomic mass is 9.81. The lowest BCUT2D eigenvalue weighted by Gasteiger charge is -2.35. The lowest BCUT2D eigenvalue weighted by molar-refractivity contribution is -0.139. The van der Waals surface area contributed by atoms with E-state index in [1.807, 2.05) is 43.3 Å². The van der Waals surface area contributed by atoms with Crippen molar-refractivity contribution in [2.24, 2.45) is 5.73 Å². The molecule has 1 atom stereocenters. The number of methoxy groups -OCH3 is 2. The molecule has 0 bridgehead atoms. The van der Waals surface area contributed by atoms with Crippen molar-refractivity contribution in [3.63, 3.8) is 0 Å². The normalized spacial score (nSPS) is 15.1. The van der Waals surface area contributed by atoms with E-state index in [0.717, 1.165) is 11.3 Å². The van der Waals surface area contributed by atoms with Gasteiger partial charge in [-0.1, -0.05) is 30.3 Å². The Kier molecular flexibility index (Phi) is 7.18. The Morgan fingerprint density at radius 3 is 2.29 bits per heavy atom. The molecule has 4 aromatic rings. The number of anilines is 2. The molecule has 1 aliphatic heterocycles. The van der Waals surface area contributed by atoms with Crippen molar-refractivity contribution in [2.75, 3.05) is 38.1 Å². The summed E-state index contributed by atoms with van der Waals surface area (Å²) in [5.74, 6) is -2.20. The van der Waals surface area contributed by atoms with Crippen LogP contribution in [-0.4, -0.2) is 45.2 Å². The van der Waals surface area contributed by atoms with Crippen LogP contribution in [0.2, 0.25) is 0 Å². The highest BCUT2D eigenvalue weighted by atomic mass is 16.5. The molecule has 1 aliphatic rings. The van der Waals surface area contributed by atoms with Gasteiger partial charge in [-0.25, -0.2) is 14.6 Å². The molecule has 0 saturated heterocycles. The van der Waals surface area contributed by atoms with Crippen molar-refractivity contribution in [2.45, 2.75) is 5.92 Å². The predicted octanol–water partition coefficient (Wildman–Crippen LogP) is 4.46. The van der Waals surface area contributed by atoms with Crippen LogP contribution in [-0.2, 0) is 19.1 Å². The SMILES string of the molecule is COC(=O)C1=C(C(=O)OC)N(c2ccc3oc(-c4ccc(N(C)C)cc4)nc3c2)C(N)=C(C#N)C1c1ccccc1. The Morgan fingerprint density at radius 1 is 1.00 bits per heavy atom. The fourth-order valence-corrected chi connectivity index (χ4v) is 4.86. The van der Waals surface area contributed by atoms with Crippen molar-refractivity contribution < 1.29 is 23.5 Å². The number of benzene rings is 3. The van der Waals surface area contributed by atoms with Gasteiger partial charge in [-0.15, -0.1) is 0 Å². The molecule has 10 heteroatoms. The number of esters is 2. The third kappa shape index (κ3) is 4.74. The molecular formula is C31H27N5O5. The van der Waals surface area contributed by atoms with E-state index in [9.17, 15) is 14.9 Å². The number of hydrogen-bond acceptors (Lipinski definition) is 10. The lowest BCUT2D eigenvalue weighted by Crippen LogP contribution is -2.40. The Morgan fingerprint density at radius 2 is 1.68 bits per heavy atom. The van der Waals surface area contributed by atoms with Crippen LogP contribution in [0.1, 0.15) is 11.5 Å². The molecule has 3 aromatic carbocycles. The molecule has 0 spiro atoms. The molecule has 1 aromatic heterocycles. The minimum absolute atomic E-state index is 0.0308. The zero-order chi connectivity index (χ0) is 29.3. The van der Waals surface area contributed by atoms with Crippen molar-refractivity contribution in [1.29, 1.82) is 5.26 Å². The standard InChI is InChI=1S/C31H27N5O5/c1-35(2)20-12-10-19(11-13-20)29-34-23-16-21(14-15-24(23)41-29)36-27(31(38)40-4)26(30(37)39-3)25(22(17-32)28(36)33)18-8-6-5-7-9-18/h5-16,25H,33H2,1-4H3. The quantitative estimate of drug-likeness (QED) is 0.344. The summed E-state index contributed by atoms with van der Waals surface area (Å²) in [4.78, 5) is 34.5. The van der Waals surface area contributed by atoms with Crippen LogP contribution in [0.4, 0.5) is 11.4 Å². The molecule has 1 unspecified atom stereocenters. The number of rotatable bonds is 6. The van der Waals surface area contributed by atoms with Gasteiger partial charge in [-0.2, -0.15) is 5.26 Å². The van der Waals surface area contributed by atoms with Gasteiger partial charge in [0.05, 0.1) is 43.0 Å². The maximum absolute atomic E-state index is 13.3. The van der Waals surface area contributed by atoms with Crippen LogP contribution in [0.3, 0.4) is 0 Å². The second-order valence-electron chi connectivity index (χ2n) is 9.45. The van der Waals surface area contributed by atoms with Crippen LogP contribution in [0.15, 0.2) is 99.9 Å². The van der Waals surface area contributed by atoms with Gasteiger partial charge in [0.15, 0.2) is 5.58 Å². The molecule has 0 aliphatic carbocycles. The van der Waals surface area contributed by atoms with Gasteiger partial charge in [0, 0.05) is 25.3 Å². The van der Waals surface area contributed by atoms with Crippen molar-refractivity contribution in [1.82, 2.24) is 4.98 Å². The number of hydrogen-bond donors (Lipinski definition) is 1. The topological polar surface area (TPSA) is 135 Å². The monoisotopic (exact) mass is 549 g/mol. The summed E-state index contributed by atoms with van der Waals surface area (Å²) in [6.45, 7) is 0. The van der Waals surface area contributed by atoms with Gasteiger partial charge >= 0.3 is 11.9 Å². The molecule has 2 N–H and O–H groups in total. The van der Waals surface area contributed by atoms with Crippen LogP contribution < -0.4 is 15.5 Å². The maximum atomic E-state index is 13.3. The number of aromatic nitrogens is 1. The zero-order valence-corrected chi connectivity index (χ0v) is 22.9. The summed E-state index contributed by atoms with van der Waals surface area (Å²) < 4.78 is 16.2. The first-order valence-electron chi connectivity index (χ1n) is 12.6. The minimum atomic E-state index is -0.952. The van der Waals surface area contributed by atoms with Gasteiger partial charge in [0.2, 0.25) is 5.89 Å². The highest BCUT2D eigenvalue weighted by Gasteiger charge is 2.43. The molecule has 2 heterocycles. The smallest absolute Gasteiger partial charge is 0.355 e. The number of nitrogens with zero attached hydrogens (tertiary/aromatic N) is 4. The summed E-state index contributed by atoms with van der Waals surface area (Å²) in [5.41, 5.74) is 10.2. The number of nitriles is 1. The van der Waals surface area contributed by atoms with E-state index >= 15 is 0 Å². The molecule has 10 nitrogen and oxygen atoms in total. The summed E-state index contributed by atoms with van der Waals surface area (Å²) in [5, 5.41) is 10.2. The Hall–Kier alpha value is -5.56. The average molecular weight is 550 g/mol. The summed E-state index contributed by atoms with van der Waals surface area (Å²) in [7, 11) is 6.32. The number of fused-ring (bicyclic) bond motifs is 1.